The fraction of sp³-hybridized carbons (Fsp3) is 0.300. The first-order valence-electron chi connectivity index (χ1n) is 9.20. The molecule has 1 heterocycles. The Labute approximate surface area is 169 Å². The molecule has 0 atom stereocenters. The summed E-state index contributed by atoms with van der Waals surface area (Å²) in [6.45, 7) is 0.431. The average molecular weight is 419 g/mol. The van der Waals surface area contributed by atoms with Crippen molar-refractivity contribution < 1.29 is 22.4 Å². The van der Waals surface area contributed by atoms with Crippen LogP contribution in [0.3, 0.4) is 0 Å². The van der Waals surface area contributed by atoms with Crippen LogP contribution in [0, 0.1) is 11.7 Å². The van der Waals surface area contributed by atoms with Crippen molar-refractivity contribution in [3.8, 4) is 0 Å². The van der Waals surface area contributed by atoms with Gasteiger partial charge >= 0.3 is 0 Å². The molecule has 1 aliphatic heterocycles. The van der Waals surface area contributed by atoms with Gasteiger partial charge in [0.05, 0.1) is 4.90 Å². The molecule has 1 aliphatic rings. The maximum atomic E-state index is 13.0. The minimum Gasteiger partial charge on any atom is -0.355 e. The molecule has 0 aliphatic carbocycles. The highest BCUT2D eigenvalue weighted by atomic mass is 32.2. The van der Waals surface area contributed by atoms with Gasteiger partial charge in [0.2, 0.25) is 15.9 Å². The lowest BCUT2D eigenvalue weighted by atomic mass is 9.97. The first-order chi connectivity index (χ1) is 13.8. The van der Waals surface area contributed by atoms with Gasteiger partial charge in [-0.1, -0.05) is 0 Å². The molecular formula is C20H22FN3O4S. The topological polar surface area (TPSA) is 95.6 Å². The van der Waals surface area contributed by atoms with Crippen LogP contribution in [-0.2, 0) is 14.8 Å². The molecule has 0 spiro atoms. The summed E-state index contributed by atoms with van der Waals surface area (Å²) in [5.74, 6) is -1.20. The van der Waals surface area contributed by atoms with Crippen LogP contribution in [0.25, 0.3) is 0 Å². The van der Waals surface area contributed by atoms with Crippen LogP contribution < -0.4 is 10.6 Å². The highest BCUT2D eigenvalue weighted by molar-refractivity contribution is 7.89. The predicted molar refractivity (Wildman–Crippen MR) is 106 cm³/mol. The maximum Gasteiger partial charge on any atom is 0.251 e. The fourth-order valence-electron chi connectivity index (χ4n) is 3.21. The third-order valence-corrected chi connectivity index (χ3v) is 6.83. The zero-order valence-corrected chi connectivity index (χ0v) is 16.7. The van der Waals surface area contributed by atoms with Gasteiger partial charge in [-0.2, -0.15) is 4.31 Å². The van der Waals surface area contributed by atoms with E-state index in [1.165, 1.54) is 16.4 Å². The van der Waals surface area contributed by atoms with Crippen molar-refractivity contribution in [1.29, 1.82) is 0 Å². The van der Waals surface area contributed by atoms with Gasteiger partial charge < -0.3 is 10.6 Å². The number of carbonyl (C=O) groups is 2. The van der Waals surface area contributed by atoms with Crippen molar-refractivity contribution in [2.24, 2.45) is 5.92 Å². The van der Waals surface area contributed by atoms with Crippen molar-refractivity contribution in [2.75, 3.05) is 25.5 Å². The quantitative estimate of drug-likeness (QED) is 0.777. The number of sulfonamides is 1. The van der Waals surface area contributed by atoms with E-state index in [2.05, 4.69) is 10.6 Å². The summed E-state index contributed by atoms with van der Waals surface area (Å²) < 4.78 is 39.7. The van der Waals surface area contributed by atoms with Crippen LogP contribution in [0.1, 0.15) is 23.2 Å². The molecule has 2 amide bonds. The molecule has 9 heteroatoms. The summed E-state index contributed by atoms with van der Waals surface area (Å²) in [7, 11) is -2.16. The van der Waals surface area contributed by atoms with E-state index in [0.717, 1.165) is 12.1 Å². The van der Waals surface area contributed by atoms with E-state index in [0.29, 0.717) is 24.1 Å². The molecule has 29 heavy (non-hydrogen) atoms. The Morgan fingerprint density at radius 2 is 1.59 bits per heavy atom. The Morgan fingerprint density at radius 3 is 2.14 bits per heavy atom. The lowest BCUT2D eigenvalue weighted by Crippen LogP contribution is -2.41. The number of benzene rings is 2. The van der Waals surface area contributed by atoms with Crippen LogP contribution in [0.2, 0.25) is 0 Å². The normalized spacial score (nSPS) is 15.7. The second kappa shape index (κ2) is 8.71. The van der Waals surface area contributed by atoms with Gasteiger partial charge in [0.15, 0.2) is 0 Å². The van der Waals surface area contributed by atoms with E-state index < -0.39 is 15.8 Å². The smallest absolute Gasteiger partial charge is 0.251 e. The van der Waals surface area contributed by atoms with Crippen LogP contribution in [0.4, 0.5) is 10.1 Å². The van der Waals surface area contributed by atoms with Gasteiger partial charge in [-0.15, -0.1) is 0 Å². The van der Waals surface area contributed by atoms with Crippen molar-refractivity contribution in [3.05, 3.63) is 59.9 Å². The van der Waals surface area contributed by atoms with Crippen LogP contribution in [0.5, 0.6) is 0 Å². The van der Waals surface area contributed by atoms with Crippen molar-refractivity contribution in [1.82, 2.24) is 9.62 Å². The molecule has 2 aromatic carbocycles. The zero-order chi connectivity index (χ0) is 21.0. The highest BCUT2D eigenvalue weighted by Gasteiger charge is 2.32. The highest BCUT2D eigenvalue weighted by Crippen LogP contribution is 2.25. The molecule has 0 aromatic heterocycles. The number of nitrogens with one attached hydrogen (secondary N) is 2. The van der Waals surface area contributed by atoms with Crippen molar-refractivity contribution >= 4 is 27.5 Å². The zero-order valence-electron chi connectivity index (χ0n) is 15.9. The number of piperidine rings is 1. The van der Waals surface area contributed by atoms with Gasteiger partial charge in [0.25, 0.3) is 5.91 Å². The monoisotopic (exact) mass is 419 g/mol. The van der Waals surface area contributed by atoms with Gasteiger partial charge in [-0.3, -0.25) is 9.59 Å². The largest absolute Gasteiger partial charge is 0.355 e. The minimum atomic E-state index is -3.71. The van der Waals surface area contributed by atoms with Crippen molar-refractivity contribution in [3.63, 3.8) is 0 Å². The Morgan fingerprint density at radius 1 is 1.00 bits per heavy atom. The molecule has 3 rings (SSSR count). The number of amides is 2. The molecule has 0 radical (unpaired) electrons. The summed E-state index contributed by atoms with van der Waals surface area (Å²) in [5.41, 5.74) is 1.06. The first kappa shape index (κ1) is 20.9. The van der Waals surface area contributed by atoms with Gasteiger partial charge in [-0.25, -0.2) is 12.8 Å². The second-order valence-corrected chi connectivity index (χ2v) is 8.72. The van der Waals surface area contributed by atoms with Gasteiger partial charge in [-0.05, 0) is 61.4 Å². The number of halogens is 1. The van der Waals surface area contributed by atoms with E-state index in [9.17, 15) is 22.4 Å². The van der Waals surface area contributed by atoms with Crippen LogP contribution in [0.15, 0.2) is 53.4 Å². The van der Waals surface area contributed by atoms with Crippen molar-refractivity contribution in [2.45, 2.75) is 17.7 Å². The molecule has 0 saturated carbocycles. The Hall–Kier alpha value is -2.78. The van der Waals surface area contributed by atoms with E-state index in [1.807, 2.05) is 0 Å². The minimum absolute atomic E-state index is 0.0398. The van der Waals surface area contributed by atoms with Gasteiger partial charge in [0, 0.05) is 37.3 Å². The summed E-state index contributed by atoms with van der Waals surface area (Å²) in [5, 5.41) is 5.33. The molecule has 7 nitrogen and oxygen atoms in total. The Balaban J connectivity index is 1.58. The molecule has 154 valence electrons. The third kappa shape index (κ3) is 4.80. The SMILES string of the molecule is CNC(=O)c1ccc(NC(=O)C2CCN(S(=O)(=O)c3ccc(F)cc3)CC2)cc1. The second-order valence-electron chi connectivity index (χ2n) is 6.78. The summed E-state index contributed by atoms with van der Waals surface area (Å²) in [6, 6.07) is 11.2. The molecule has 2 aromatic rings. The number of rotatable bonds is 5. The van der Waals surface area contributed by atoms with E-state index in [4.69, 9.17) is 0 Å². The number of hydrogen-bond donors (Lipinski definition) is 2. The van der Waals surface area contributed by atoms with Crippen LogP contribution in [-0.4, -0.2) is 44.7 Å². The molecule has 1 fully saturated rings. The summed E-state index contributed by atoms with van der Waals surface area (Å²) in [6.07, 6.45) is 0.783. The molecular weight excluding hydrogens is 397 g/mol. The lowest BCUT2D eigenvalue weighted by Gasteiger charge is -2.30. The molecule has 0 bridgehead atoms. The Kier molecular flexibility index (Phi) is 6.29. The van der Waals surface area contributed by atoms with E-state index >= 15 is 0 Å². The number of hydrogen-bond acceptors (Lipinski definition) is 4. The summed E-state index contributed by atoms with van der Waals surface area (Å²) >= 11 is 0. The number of nitrogens with zero attached hydrogens (tertiary/aromatic N) is 1. The average Bonchev–Trinajstić information content (AvgIpc) is 2.74. The lowest BCUT2D eigenvalue weighted by molar-refractivity contribution is -0.120. The first-order valence-corrected chi connectivity index (χ1v) is 10.6. The Bertz CT molecular complexity index is 983. The standard InChI is InChI=1S/C20H22FN3O4S/c1-22-19(25)14-2-6-17(7-3-14)23-20(26)15-10-12-24(13-11-15)29(27,28)18-8-4-16(21)5-9-18/h2-9,15H,10-13H2,1H3,(H,22,25)(H,23,26). The van der Waals surface area contributed by atoms with E-state index in [1.54, 1.807) is 31.3 Å². The third-order valence-electron chi connectivity index (χ3n) is 4.92. The number of anilines is 1. The van der Waals surface area contributed by atoms with E-state index in [-0.39, 0.29) is 35.7 Å². The summed E-state index contributed by atoms with van der Waals surface area (Å²) in [4.78, 5) is 24.1. The maximum absolute atomic E-state index is 13.0. The van der Waals surface area contributed by atoms with Gasteiger partial charge in [0.1, 0.15) is 5.82 Å². The molecule has 2 N–H and O–H groups in total. The molecule has 0 unspecified atom stereocenters. The number of carbonyl (C=O) groups excluding carboxylic acids is 2. The fourth-order valence-corrected chi connectivity index (χ4v) is 4.68. The predicted octanol–water partition coefficient (Wildman–Crippen LogP) is 2.22. The van der Waals surface area contributed by atoms with Crippen LogP contribution >= 0.6 is 0 Å². The molecule has 1 saturated heterocycles.